The second-order valence-electron chi connectivity index (χ2n) is 5.94. The minimum atomic E-state index is -0.485. The minimum Gasteiger partial charge on any atom is -0.444 e. The predicted molar refractivity (Wildman–Crippen MR) is 85.8 cm³/mol. The SMILES string of the molecule is C=C1CN(C(=O)OC(C)(C)C)CC1Sc1ccc(Cl)cn1. The number of pyridine rings is 1. The number of carbonyl (C=O) groups excluding carboxylic acids is 1. The van der Waals surface area contributed by atoms with Crippen LogP contribution in [0.5, 0.6) is 0 Å². The number of amides is 1. The van der Waals surface area contributed by atoms with E-state index in [4.69, 9.17) is 16.3 Å². The van der Waals surface area contributed by atoms with Crippen LogP contribution in [0.2, 0.25) is 5.02 Å². The number of nitrogens with zero attached hydrogens (tertiary/aromatic N) is 2. The lowest BCUT2D eigenvalue weighted by Gasteiger charge is -2.24. The zero-order valence-corrected chi connectivity index (χ0v) is 14.0. The van der Waals surface area contributed by atoms with E-state index in [9.17, 15) is 4.79 Å². The van der Waals surface area contributed by atoms with Gasteiger partial charge in [-0.3, -0.25) is 0 Å². The molecule has 1 amide bonds. The van der Waals surface area contributed by atoms with E-state index in [1.165, 1.54) is 0 Å². The molecule has 114 valence electrons. The molecule has 1 aromatic rings. The Hall–Kier alpha value is -1.20. The van der Waals surface area contributed by atoms with Gasteiger partial charge in [0.2, 0.25) is 0 Å². The first-order valence-electron chi connectivity index (χ1n) is 6.68. The van der Waals surface area contributed by atoms with E-state index in [1.54, 1.807) is 28.9 Å². The van der Waals surface area contributed by atoms with E-state index in [-0.39, 0.29) is 11.3 Å². The van der Waals surface area contributed by atoms with Gasteiger partial charge in [0.15, 0.2) is 0 Å². The van der Waals surface area contributed by atoms with Crippen molar-refractivity contribution in [3.8, 4) is 0 Å². The highest BCUT2D eigenvalue weighted by Crippen LogP contribution is 2.32. The van der Waals surface area contributed by atoms with Gasteiger partial charge in [0.1, 0.15) is 5.60 Å². The Morgan fingerprint density at radius 2 is 2.24 bits per heavy atom. The summed E-state index contributed by atoms with van der Waals surface area (Å²) in [4.78, 5) is 18.0. The van der Waals surface area contributed by atoms with Crippen molar-refractivity contribution in [1.29, 1.82) is 0 Å². The van der Waals surface area contributed by atoms with Crippen LogP contribution in [0.3, 0.4) is 0 Å². The molecule has 0 spiro atoms. The first-order valence-corrected chi connectivity index (χ1v) is 7.94. The van der Waals surface area contributed by atoms with Crippen molar-refractivity contribution in [3.05, 3.63) is 35.5 Å². The molecule has 1 saturated heterocycles. The van der Waals surface area contributed by atoms with Gasteiger partial charge in [-0.15, -0.1) is 0 Å². The van der Waals surface area contributed by atoms with Crippen molar-refractivity contribution < 1.29 is 9.53 Å². The van der Waals surface area contributed by atoms with Gasteiger partial charge in [-0.25, -0.2) is 9.78 Å². The van der Waals surface area contributed by atoms with E-state index in [2.05, 4.69) is 11.6 Å². The number of carbonyl (C=O) groups is 1. The maximum absolute atomic E-state index is 12.1. The summed E-state index contributed by atoms with van der Waals surface area (Å²) in [7, 11) is 0. The Bertz CT molecular complexity index is 540. The third kappa shape index (κ3) is 4.64. The molecule has 0 aliphatic carbocycles. The van der Waals surface area contributed by atoms with Crippen molar-refractivity contribution >= 4 is 29.5 Å². The van der Waals surface area contributed by atoms with Gasteiger partial charge >= 0.3 is 6.09 Å². The normalized spacial score (nSPS) is 19.0. The van der Waals surface area contributed by atoms with Crippen molar-refractivity contribution in [2.24, 2.45) is 0 Å². The van der Waals surface area contributed by atoms with Crippen LogP contribution < -0.4 is 0 Å². The van der Waals surface area contributed by atoms with E-state index < -0.39 is 5.60 Å². The highest BCUT2D eigenvalue weighted by atomic mass is 35.5. The summed E-state index contributed by atoms with van der Waals surface area (Å²) in [5.41, 5.74) is 0.518. The zero-order valence-electron chi connectivity index (χ0n) is 12.4. The average molecular weight is 327 g/mol. The molecule has 0 N–H and O–H groups in total. The minimum absolute atomic E-state index is 0.131. The van der Waals surface area contributed by atoms with E-state index in [0.29, 0.717) is 18.1 Å². The molecule has 0 bridgehead atoms. The number of rotatable bonds is 2. The quantitative estimate of drug-likeness (QED) is 0.770. The van der Waals surface area contributed by atoms with E-state index in [0.717, 1.165) is 10.6 Å². The van der Waals surface area contributed by atoms with Crippen molar-refractivity contribution in [1.82, 2.24) is 9.88 Å². The molecule has 4 nitrogen and oxygen atoms in total. The lowest BCUT2D eigenvalue weighted by molar-refractivity contribution is 0.0300. The Labute approximate surface area is 134 Å². The van der Waals surface area contributed by atoms with Gasteiger partial charge in [-0.05, 0) is 38.5 Å². The standard InChI is InChI=1S/C15H19ClN2O2S/c1-10-8-18(14(19)20-15(2,3)4)9-12(10)21-13-6-5-11(16)7-17-13/h5-7,12H,1,8-9H2,2-4H3. The second-order valence-corrected chi connectivity index (χ2v) is 7.60. The van der Waals surface area contributed by atoms with Crippen molar-refractivity contribution in [2.75, 3.05) is 13.1 Å². The van der Waals surface area contributed by atoms with Crippen LogP contribution in [-0.4, -0.2) is 39.9 Å². The number of aromatic nitrogens is 1. The van der Waals surface area contributed by atoms with Gasteiger partial charge in [-0.2, -0.15) is 0 Å². The number of halogens is 1. The fourth-order valence-corrected chi connectivity index (χ4v) is 3.06. The molecular formula is C15H19ClN2O2S. The first-order chi connectivity index (χ1) is 9.74. The van der Waals surface area contributed by atoms with Crippen LogP contribution in [0.15, 0.2) is 35.5 Å². The maximum Gasteiger partial charge on any atom is 0.410 e. The summed E-state index contributed by atoms with van der Waals surface area (Å²) >= 11 is 7.41. The van der Waals surface area contributed by atoms with Gasteiger partial charge < -0.3 is 9.64 Å². The molecule has 1 aromatic heterocycles. The number of likely N-dealkylation sites (tertiary alicyclic amines) is 1. The molecule has 1 atom stereocenters. The second kappa shape index (κ2) is 6.28. The summed E-state index contributed by atoms with van der Waals surface area (Å²) < 4.78 is 5.39. The fourth-order valence-electron chi connectivity index (χ4n) is 1.90. The largest absolute Gasteiger partial charge is 0.444 e. The summed E-state index contributed by atoms with van der Waals surface area (Å²) in [6, 6.07) is 3.68. The molecule has 21 heavy (non-hydrogen) atoms. The highest BCUT2D eigenvalue weighted by Gasteiger charge is 2.32. The third-order valence-electron chi connectivity index (χ3n) is 2.85. The van der Waals surface area contributed by atoms with Gasteiger partial charge in [0.05, 0.1) is 15.3 Å². The van der Waals surface area contributed by atoms with Crippen LogP contribution in [0.25, 0.3) is 0 Å². The Balaban J connectivity index is 1.96. The van der Waals surface area contributed by atoms with Crippen LogP contribution in [0.1, 0.15) is 20.8 Å². The maximum atomic E-state index is 12.1. The summed E-state index contributed by atoms with van der Waals surface area (Å²) in [6.45, 7) is 10.8. The van der Waals surface area contributed by atoms with Crippen LogP contribution in [-0.2, 0) is 4.74 Å². The molecule has 1 aliphatic heterocycles. The predicted octanol–water partition coefficient (Wildman–Crippen LogP) is 4.00. The molecule has 1 unspecified atom stereocenters. The highest BCUT2D eigenvalue weighted by molar-refractivity contribution is 8.00. The zero-order chi connectivity index (χ0) is 15.6. The molecule has 0 aromatic carbocycles. The van der Waals surface area contributed by atoms with Gasteiger partial charge in [-0.1, -0.05) is 29.9 Å². The Kier molecular flexibility index (Phi) is 4.84. The molecule has 2 heterocycles. The molecule has 0 radical (unpaired) electrons. The molecule has 2 rings (SSSR count). The number of hydrogen-bond acceptors (Lipinski definition) is 4. The van der Waals surface area contributed by atoms with Crippen molar-refractivity contribution in [3.63, 3.8) is 0 Å². The summed E-state index contributed by atoms with van der Waals surface area (Å²) in [5.74, 6) is 0. The lowest BCUT2D eigenvalue weighted by Crippen LogP contribution is -2.35. The van der Waals surface area contributed by atoms with E-state index >= 15 is 0 Å². The van der Waals surface area contributed by atoms with Crippen molar-refractivity contribution in [2.45, 2.75) is 36.6 Å². The Morgan fingerprint density at radius 1 is 1.52 bits per heavy atom. The molecule has 1 aliphatic rings. The summed E-state index contributed by atoms with van der Waals surface area (Å²) in [5, 5.41) is 1.61. The monoisotopic (exact) mass is 326 g/mol. The number of hydrogen-bond donors (Lipinski definition) is 0. The topological polar surface area (TPSA) is 42.4 Å². The number of thioether (sulfide) groups is 1. The van der Waals surface area contributed by atoms with Gasteiger partial charge in [0.25, 0.3) is 0 Å². The average Bonchev–Trinajstić information content (AvgIpc) is 2.72. The van der Waals surface area contributed by atoms with Gasteiger partial charge in [0, 0.05) is 19.3 Å². The lowest BCUT2D eigenvalue weighted by atomic mass is 10.2. The molecule has 1 fully saturated rings. The van der Waals surface area contributed by atoms with Crippen LogP contribution >= 0.6 is 23.4 Å². The smallest absolute Gasteiger partial charge is 0.410 e. The number of ether oxygens (including phenoxy) is 1. The summed E-state index contributed by atoms with van der Waals surface area (Å²) in [6.07, 6.45) is 1.32. The molecular weight excluding hydrogens is 308 g/mol. The molecule has 0 saturated carbocycles. The fraction of sp³-hybridized carbons (Fsp3) is 0.467. The first kappa shape index (κ1) is 16.2. The van der Waals surface area contributed by atoms with Crippen LogP contribution in [0.4, 0.5) is 4.79 Å². The van der Waals surface area contributed by atoms with E-state index in [1.807, 2.05) is 26.8 Å². The Morgan fingerprint density at radius 3 is 2.81 bits per heavy atom. The van der Waals surface area contributed by atoms with Crippen LogP contribution in [0, 0.1) is 0 Å². The third-order valence-corrected chi connectivity index (χ3v) is 4.32. The molecule has 6 heteroatoms.